The fourth-order valence-electron chi connectivity index (χ4n) is 2.37. The zero-order chi connectivity index (χ0) is 18.5. The van der Waals surface area contributed by atoms with Crippen molar-refractivity contribution >= 4 is 17.3 Å². The summed E-state index contributed by atoms with van der Waals surface area (Å²) in [6, 6.07) is 14.7. The van der Waals surface area contributed by atoms with Crippen LogP contribution in [-0.2, 0) is 11.2 Å². The molecule has 0 saturated heterocycles. The molecule has 132 valence electrons. The van der Waals surface area contributed by atoms with Crippen LogP contribution in [0.25, 0.3) is 11.3 Å². The third-order valence-electron chi connectivity index (χ3n) is 3.60. The number of hydrogen-bond donors (Lipinski definition) is 1. The minimum atomic E-state index is -0.520. The van der Waals surface area contributed by atoms with Gasteiger partial charge in [0.05, 0.1) is 24.1 Å². The lowest BCUT2D eigenvalue weighted by atomic mass is 10.1. The van der Waals surface area contributed by atoms with Crippen LogP contribution in [0.15, 0.2) is 59.1 Å². The molecule has 3 aromatic rings. The number of nitrogens with zero attached hydrogens (tertiary/aromatic N) is 2. The Balaban J connectivity index is 1.68. The van der Waals surface area contributed by atoms with E-state index in [0.29, 0.717) is 22.9 Å². The summed E-state index contributed by atoms with van der Waals surface area (Å²) in [5.74, 6) is 0.849. The number of carbonyl (C=O) groups is 1. The lowest BCUT2D eigenvalue weighted by Crippen LogP contribution is -2.14. The van der Waals surface area contributed by atoms with Gasteiger partial charge in [0.2, 0.25) is 5.91 Å². The van der Waals surface area contributed by atoms with Crippen molar-refractivity contribution in [3.8, 4) is 17.1 Å². The Bertz CT molecular complexity index is 951. The van der Waals surface area contributed by atoms with Crippen LogP contribution < -0.4 is 10.1 Å². The molecule has 1 N–H and O–H groups in total. The third kappa shape index (κ3) is 4.04. The van der Waals surface area contributed by atoms with Gasteiger partial charge in [-0.25, -0.2) is 0 Å². The average Bonchev–Trinajstić information content (AvgIpc) is 3.10. The van der Waals surface area contributed by atoms with Gasteiger partial charge in [-0.2, -0.15) is 0 Å². The van der Waals surface area contributed by atoms with Crippen molar-refractivity contribution in [3.05, 3.63) is 70.4 Å². The third-order valence-corrected chi connectivity index (χ3v) is 3.60. The molecule has 8 nitrogen and oxygen atoms in total. The first-order valence-electron chi connectivity index (χ1n) is 7.69. The molecule has 0 bridgehead atoms. The van der Waals surface area contributed by atoms with Crippen LogP contribution in [0.5, 0.6) is 5.75 Å². The number of anilines is 1. The lowest BCUT2D eigenvalue weighted by molar-refractivity contribution is -0.384. The number of rotatable bonds is 6. The van der Waals surface area contributed by atoms with Crippen LogP contribution >= 0.6 is 0 Å². The first-order chi connectivity index (χ1) is 12.5. The lowest BCUT2D eigenvalue weighted by Gasteiger charge is -2.03. The summed E-state index contributed by atoms with van der Waals surface area (Å²) < 4.78 is 10.4. The summed E-state index contributed by atoms with van der Waals surface area (Å²) in [6.45, 7) is 0. The maximum absolute atomic E-state index is 12.1. The van der Waals surface area contributed by atoms with Gasteiger partial charge in [0, 0.05) is 29.4 Å². The van der Waals surface area contributed by atoms with Crippen LogP contribution in [0, 0.1) is 10.1 Å². The SMILES string of the molecule is COc1cccc(-c2cc(CC(=O)Nc3cccc([N+](=O)[O-])c3)no2)c1. The van der Waals surface area contributed by atoms with Crippen molar-refractivity contribution in [3.63, 3.8) is 0 Å². The smallest absolute Gasteiger partial charge is 0.271 e. The largest absolute Gasteiger partial charge is 0.497 e. The molecule has 1 aromatic heterocycles. The van der Waals surface area contributed by atoms with Crippen molar-refractivity contribution < 1.29 is 19.0 Å². The molecule has 0 spiro atoms. The number of methoxy groups -OCH3 is 1. The summed E-state index contributed by atoms with van der Waals surface area (Å²) in [5.41, 5.74) is 1.48. The molecule has 0 radical (unpaired) electrons. The number of aromatic nitrogens is 1. The molecule has 26 heavy (non-hydrogen) atoms. The maximum Gasteiger partial charge on any atom is 0.271 e. The van der Waals surface area contributed by atoms with E-state index in [0.717, 1.165) is 5.56 Å². The van der Waals surface area contributed by atoms with E-state index in [2.05, 4.69) is 10.5 Å². The molecular formula is C18H15N3O5. The highest BCUT2D eigenvalue weighted by Gasteiger charge is 2.13. The molecule has 0 unspecified atom stereocenters. The molecule has 1 amide bonds. The van der Waals surface area contributed by atoms with E-state index in [1.54, 1.807) is 25.3 Å². The van der Waals surface area contributed by atoms with Crippen LogP contribution in [0.2, 0.25) is 0 Å². The van der Waals surface area contributed by atoms with E-state index < -0.39 is 4.92 Å². The van der Waals surface area contributed by atoms with Gasteiger partial charge >= 0.3 is 0 Å². The highest BCUT2D eigenvalue weighted by Crippen LogP contribution is 2.24. The zero-order valence-electron chi connectivity index (χ0n) is 13.8. The normalized spacial score (nSPS) is 10.3. The average molecular weight is 353 g/mol. The van der Waals surface area contributed by atoms with Gasteiger partial charge in [-0.1, -0.05) is 23.4 Å². The second-order valence-corrected chi connectivity index (χ2v) is 5.45. The van der Waals surface area contributed by atoms with Gasteiger partial charge in [-0.15, -0.1) is 0 Å². The predicted molar refractivity (Wildman–Crippen MR) is 93.9 cm³/mol. The van der Waals surface area contributed by atoms with Crippen molar-refractivity contribution in [1.82, 2.24) is 5.16 Å². The maximum atomic E-state index is 12.1. The first kappa shape index (κ1) is 17.2. The van der Waals surface area contributed by atoms with Crippen molar-refractivity contribution in [2.75, 3.05) is 12.4 Å². The number of nitro benzene ring substituents is 1. The Labute approximate surface area is 148 Å². The summed E-state index contributed by atoms with van der Waals surface area (Å²) in [7, 11) is 1.57. The van der Waals surface area contributed by atoms with Crippen molar-refractivity contribution in [2.45, 2.75) is 6.42 Å². The fourth-order valence-corrected chi connectivity index (χ4v) is 2.37. The van der Waals surface area contributed by atoms with E-state index in [1.807, 2.05) is 18.2 Å². The highest BCUT2D eigenvalue weighted by molar-refractivity contribution is 5.92. The van der Waals surface area contributed by atoms with Gasteiger partial charge in [-0.3, -0.25) is 14.9 Å². The second kappa shape index (κ2) is 7.47. The highest BCUT2D eigenvalue weighted by atomic mass is 16.6. The van der Waals surface area contributed by atoms with E-state index in [-0.39, 0.29) is 18.0 Å². The minimum Gasteiger partial charge on any atom is -0.497 e. The second-order valence-electron chi connectivity index (χ2n) is 5.45. The van der Waals surface area contributed by atoms with E-state index in [9.17, 15) is 14.9 Å². The molecule has 2 aromatic carbocycles. The summed E-state index contributed by atoms with van der Waals surface area (Å²) >= 11 is 0. The Morgan fingerprint density at radius 3 is 2.81 bits per heavy atom. The van der Waals surface area contributed by atoms with Gasteiger partial charge in [0.1, 0.15) is 5.75 Å². The van der Waals surface area contributed by atoms with Gasteiger partial charge in [0.15, 0.2) is 5.76 Å². The molecule has 0 aliphatic carbocycles. The minimum absolute atomic E-state index is 0.0177. The van der Waals surface area contributed by atoms with E-state index in [4.69, 9.17) is 9.26 Å². The van der Waals surface area contributed by atoms with E-state index in [1.165, 1.54) is 18.2 Å². The molecule has 8 heteroatoms. The quantitative estimate of drug-likeness (QED) is 0.537. The van der Waals surface area contributed by atoms with Gasteiger partial charge in [0.25, 0.3) is 5.69 Å². The number of ether oxygens (including phenoxy) is 1. The number of nitrogens with one attached hydrogen (secondary N) is 1. The van der Waals surface area contributed by atoms with E-state index >= 15 is 0 Å². The number of benzene rings is 2. The van der Waals surface area contributed by atoms with Gasteiger partial charge in [-0.05, 0) is 18.2 Å². The molecule has 0 atom stereocenters. The van der Waals surface area contributed by atoms with Crippen LogP contribution in [0.1, 0.15) is 5.69 Å². The Hall–Kier alpha value is -3.68. The fraction of sp³-hybridized carbons (Fsp3) is 0.111. The number of nitro groups is 1. The zero-order valence-corrected chi connectivity index (χ0v) is 13.8. The van der Waals surface area contributed by atoms with Crippen LogP contribution in [0.3, 0.4) is 0 Å². The predicted octanol–water partition coefficient (Wildman–Crippen LogP) is 3.44. The Morgan fingerprint density at radius 2 is 2.04 bits per heavy atom. The number of carbonyl (C=O) groups excluding carboxylic acids is 1. The number of amides is 1. The molecule has 0 aliphatic rings. The molecule has 0 fully saturated rings. The molecule has 0 saturated carbocycles. The van der Waals surface area contributed by atoms with Crippen LogP contribution in [-0.4, -0.2) is 23.1 Å². The summed E-state index contributed by atoms with van der Waals surface area (Å²) in [4.78, 5) is 22.4. The molecule has 3 rings (SSSR count). The van der Waals surface area contributed by atoms with Gasteiger partial charge < -0.3 is 14.6 Å². The number of non-ortho nitro benzene ring substituents is 1. The van der Waals surface area contributed by atoms with Crippen molar-refractivity contribution in [2.24, 2.45) is 0 Å². The van der Waals surface area contributed by atoms with Crippen molar-refractivity contribution in [1.29, 1.82) is 0 Å². The summed E-state index contributed by atoms with van der Waals surface area (Å²) in [5, 5.41) is 17.3. The Morgan fingerprint density at radius 1 is 1.23 bits per heavy atom. The summed E-state index contributed by atoms with van der Waals surface area (Å²) in [6.07, 6.45) is -0.0177. The first-order valence-corrected chi connectivity index (χ1v) is 7.69. The van der Waals surface area contributed by atoms with Crippen LogP contribution in [0.4, 0.5) is 11.4 Å². The molecule has 1 heterocycles. The molecule has 0 aliphatic heterocycles. The monoisotopic (exact) mass is 353 g/mol. The Kier molecular flexibility index (Phi) is 4.93. The topological polar surface area (TPSA) is 108 Å². The number of hydrogen-bond acceptors (Lipinski definition) is 6. The standard InChI is InChI=1S/C18H15N3O5/c1-25-16-7-2-4-12(8-16)17-10-14(20-26-17)11-18(22)19-13-5-3-6-15(9-13)21(23)24/h2-10H,11H2,1H3,(H,19,22). The molecular weight excluding hydrogens is 338 g/mol.